The molecule has 2 unspecified atom stereocenters. The maximum absolute atomic E-state index is 14.5. The molecule has 0 amide bonds. The Morgan fingerprint density at radius 2 is 1.63 bits per heavy atom. The molecule has 0 aliphatic carbocycles. The van der Waals surface area contributed by atoms with Gasteiger partial charge in [-0.2, -0.15) is 0 Å². The fourth-order valence-electron chi connectivity index (χ4n) is 4.80. The van der Waals surface area contributed by atoms with Crippen molar-refractivity contribution in [3.63, 3.8) is 0 Å². The number of aliphatic hydroxyl groups is 1. The van der Waals surface area contributed by atoms with Crippen LogP contribution in [-0.2, 0) is 0 Å². The van der Waals surface area contributed by atoms with Crippen LogP contribution in [0.2, 0.25) is 10.0 Å². The van der Waals surface area contributed by atoms with Crippen LogP contribution in [-0.4, -0.2) is 46.5 Å². The first kappa shape index (κ1) is 26.0. The van der Waals surface area contributed by atoms with Crippen molar-refractivity contribution in [1.29, 1.82) is 0 Å². The molecule has 1 aliphatic rings. The van der Waals surface area contributed by atoms with Gasteiger partial charge in [-0.1, -0.05) is 23.2 Å². The molecule has 38 heavy (non-hydrogen) atoms. The number of phenolic OH excluding ortho intramolecular Hbond substituents is 2. The predicted octanol–water partition coefficient (Wildman–Crippen LogP) is 3.72. The molecule has 2 aromatic carbocycles. The van der Waals surface area contributed by atoms with Crippen molar-refractivity contribution in [2.45, 2.75) is 18.4 Å². The summed E-state index contributed by atoms with van der Waals surface area (Å²) in [5.41, 5.74) is -5.63. The Morgan fingerprint density at radius 1 is 0.974 bits per heavy atom. The van der Waals surface area contributed by atoms with E-state index in [4.69, 9.17) is 36.5 Å². The zero-order valence-electron chi connectivity index (χ0n) is 19.5. The Kier molecular flexibility index (Phi) is 6.56. The predicted molar refractivity (Wildman–Crippen MR) is 135 cm³/mol. The topological polar surface area (TPSA) is 155 Å². The number of halogens is 3. The van der Waals surface area contributed by atoms with Crippen LogP contribution in [0.25, 0.3) is 33.5 Å². The number of hydrogen-bond donors (Lipinski definition) is 3. The molecule has 2 atom stereocenters. The Balaban J connectivity index is 2.09. The molecular formula is C25H18Cl2FNO9. The molecule has 0 spiro atoms. The third kappa shape index (κ3) is 4.08. The summed E-state index contributed by atoms with van der Waals surface area (Å²) in [7, 11) is 1.74. The SMILES string of the molecule is CN1CCC(c2c(O)c3oc(=O)ccc(=O)oc4c(-c5cc(F)c(Cl)cc5Cl)oc2c(c3O)c4=O)C1CO. The first-order chi connectivity index (χ1) is 18.0. The Morgan fingerprint density at radius 3 is 2.29 bits per heavy atom. The number of phenols is 2. The van der Waals surface area contributed by atoms with Gasteiger partial charge in [-0.15, -0.1) is 0 Å². The van der Waals surface area contributed by atoms with Crippen LogP contribution in [0.1, 0.15) is 17.9 Å². The molecule has 1 fully saturated rings. The molecule has 198 valence electrons. The highest BCUT2D eigenvalue weighted by Crippen LogP contribution is 2.48. The Bertz CT molecular complexity index is 1830. The average molecular weight is 566 g/mol. The van der Waals surface area contributed by atoms with Gasteiger partial charge in [0.1, 0.15) is 16.8 Å². The summed E-state index contributed by atoms with van der Waals surface area (Å²) < 4.78 is 30.7. The van der Waals surface area contributed by atoms with Crippen molar-refractivity contribution in [1.82, 2.24) is 4.90 Å². The van der Waals surface area contributed by atoms with E-state index in [0.29, 0.717) is 25.1 Å². The van der Waals surface area contributed by atoms with Gasteiger partial charge < -0.3 is 33.5 Å². The van der Waals surface area contributed by atoms with Crippen molar-refractivity contribution >= 4 is 45.3 Å². The molecular weight excluding hydrogens is 548 g/mol. The average Bonchev–Trinajstić information content (AvgIpc) is 3.23. The number of aromatic hydroxyl groups is 2. The number of fused-ring (bicyclic) bond motifs is 2. The number of rotatable bonds is 3. The van der Waals surface area contributed by atoms with Gasteiger partial charge in [0.05, 0.1) is 16.7 Å². The fourth-order valence-corrected chi connectivity index (χ4v) is 5.27. The second-order valence-corrected chi connectivity index (χ2v) is 9.60. The molecule has 3 N–H and O–H groups in total. The van der Waals surface area contributed by atoms with E-state index >= 15 is 0 Å². The molecule has 2 aromatic heterocycles. The summed E-state index contributed by atoms with van der Waals surface area (Å²) in [6.45, 7) is 0.137. The molecule has 1 aliphatic heterocycles. The van der Waals surface area contributed by atoms with E-state index in [-0.39, 0.29) is 33.4 Å². The van der Waals surface area contributed by atoms with Crippen LogP contribution in [0.15, 0.2) is 51.9 Å². The van der Waals surface area contributed by atoms with Gasteiger partial charge in [-0.05, 0) is 32.1 Å². The van der Waals surface area contributed by atoms with Crippen LogP contribution < -0.4 is 16.7 Å². The smallest absolute Gasteiger partial charge is 0.336 e. The lowest BCUT2D eigenvalue weighted by molar-refractivity contribution is 0.172. The van der Waals surface area contributed by atoms with Gasteiger partial charge in [-0.3, -0.25) is 4.79 Å². The number of nitrogens with zero attached hydrogens (tertiary/aromatic N) is 1. The Labute approximate surface area is 221 Å². The maximum atomic E-state index is 14.5. The van der Waals surface area contributed by atoms with Gasteiger partial charge in [0.15, 0.2) is 17.3 Å². The van der Waals surface area contributed by atoms with E-state index in [2.05, 4.69) is 0 Å². The summed E-state index contributed by atoms with van der Waals surface area (Å²) in [5, 5.41) is 31.2. The quantitative estimate of drug-likeness (QED) is 0.313. The van der Waals surface area contributed by atoms with Crippen molar-refractivity contribution in [3.8, 4) is 22.8 Å². The van der Waals surface area contributed by atoms with Gasteiger partial charge in [0.2, 0.25) is 16.6 Å². The van der Waals surface area contributed by atoms with E-state index in [1.807, 2.05) is 4.90 Å². The third-order valence-corrected chi connectivity index (χ3v) is 7.24. The highest BCUT2D eigenvalue weighted by atomic mass is 35.5. The van der Waals surface area contributed by atoms with E-state index in [1.54, 1.807) is 7.05 Å². The van der Waals surface area contributed by atoms with Crippen LogP contribution in [0.5, 0.6) is 11.5 Å². The molecule has 3 heterocycles. The van der Waals surface area contributed by atoms with Crippen LogP contribution >= 0.6 is 23.2 Å². The van der Waals surface area contributed by atoms with Crippen molar-refractivity contribution in [2.75, 3.05) is 20.2 Å². The first-order valence-corrected chi connectivity index (χ1v) is 11.9. The number of aliphatic hydroxyl groups excluding tert-OH is 1. The lowest BCUT2D eigenvalue weighted by atomic mass is 9.89. The van der Waals surface area contributed by atoms with Gasteiger partial charge in [0, 0.05) is 35.2 Å². The van der Waals surface area contributed by atoms with E-state index < -0.39 is 68.3 Å². The molecule has 10 nitrogen and oxygen atoms in total. The highest BCUT2D eigenvalue weighted by Gasteiger charge is 2.38. The normalized spacial score (nSPS) is 17.9. The van der Waals surface area contributed by atoms with Crippen molar-refractivity contribution < 1.29 is 33.0 Å². The first-order valence-electron chi connectivity index (χ1n) is 11.2. The number of hydrogen-bond acceptors (Lipinski definition) is 10. The number of benzene rings is 2. The lowest BCUT2D eigenvalue weighted by Gasteiger charge is -2.24. The summed E-state index contributed by atoms with van der Waals surface area (Å²) >= 11 is 12.1. The minimum Gasteiger partial charge on any atom is -0.504 e. The minimum atomic E-state index is -1.20. The second kappa shape index (κ2) is 9.59. The van der Waals surface area contributed by atoms with Crippen LogP contribution in [0, 0.1) is 5.82 Å². The minimum absolute atomic E-state index is 0.0611. The summed E-state index contributed by atoms with van der Waals surface area (Å²) in [6, 6.07) is 2.67. The van der Waals surface area contributed by atoms with E-state index in [1.165, 1.54) is 0 Å². The highest BCUT2D eigenvalue weighted by molar-refractivity contribution is 6.36. The maximum Gasteiger partial charge on any atom is 0.336 e. The molecule has 0 radical (unpaired) electrons. The van der Waals surface area contributed by atoms with Gasteiger partial charge in [-0.25, -0.2) is 14.0 Å². The number of likely N-dealkylation sites (tertiary alicyclic amines) is 1. The van der Waals surface area contributed by atoms with Crippen molar-refractivity contribution in [3.05, 3.63) is 76.8 Å². The van der Waals surface area contributed by atoms with Crippen LogP contribution in [0.3, 0.4) is 0 Å². The zero-order valence-corrected chi connectivity index (χ0v) is 21.0. The molecule has 3 bridgehead atoms. The standard InChI is InChI=1S/C25H18Cl2FNO9/c1-29-5-4-9(14(29)8-30)17-19(33)24-20(34)18-21(35)25(37-16(32)3-2-15(31)36-24)22(38-23(17)18)10-6-13(28)12(27)7-11(10)26/h2-3,6-7,9,14,30,33-34H,4-5,8H2,1H3. The molecule has 0 saturated carbocycles. The van der Waals surface area contributed by atoms with E-state index in [0.717, 1.165) is 12.1 Å². The Hall–Kier alpha value is -3.64. The van der Waals surface area contributed by atoms with E-state index in [9.17, 15) is 34.1 Å². The summed E-state index contributed by atoms with van der Waals surface area (Å²) in [6.07, 6.45) is 0.370. The fraction of sp³-hybridized carbons (Fsp3) is 0.240. The number of likely N-dealkylation sites (N-methyl/N-ethyl adjacent to an activating group) is 1. The lowest BCUT2D eigenvalue weighted by Crippen LogP contribution is -2.32. The summed E-state index contributed by atoms with van der Waals surface area (Å²) in [4.78, 5) is 40.3. The zero-order chi connectivity index (χ0) is 27.5. The van der Waals surface area contributed by atoms with Gasteiger partial charge >= 0.3 is 11.3 Å². The molecule has 5 rings (SSSR count). The van der Waals surface area contributed by atoms with Crippen molar-refractivity contribution in [2.24, 2.45) is 0 Å². The van der Waals surface area contributed by atoms with Crippen LogP contribution in [0.4, 0.5) is 4.39 Å². The monoisotopic (exact) mass is 565 g/mol. The molecule has 4 aromatic rings. The molecule has 1 saturated heterocycles. The second-order valence-electron chi connectivity index (χ2n) is 8.78. The van der Waals surface area contributed by atoms with Gasteiger partial charge in [0.25, 0.3) is 0 Å². The largest absolute Gasteiger partial charge is 0.504 e. The third-order valence-electron chi connectivity index (χ3n) is 6.63. The summed E-state index contributed by atoms with van der Waals surface area (Å²) in [5.74, 6) is -3.79. The molecule has 13 heteroatoms.